The van der Waals surface area contributed by atoms with Crippen LogP contribution in [0.1, 0.15) is 18.1 Å². The summed E-state index contributed by atoms with van der Waals surface area (Å²) in [6.07, 6.45) is 6.19. The third-order valence-corrected chi connectivity index (χ3v) is 1.93. The molecule has 0 amide bonds. The lowest BCUT2D eigenvalue weighted by atomic mass is 10.1. The van der Waals surface area contributed by atoms with Gasteiger partial charge >= 0.3 is 0 Å². The highest BCUT2D eigenvalue weighted by atomic mass is 14.0. The van der Waals surface area contributed by atoms with E-state index in [0.717, 1.165) is 0 Å². The quantitative estimate of drug-likeness (QED) is 0.503. The van der Waals surface area contributed by atoms with Gasteiger partial charge in [-0.15, -0.1) is 5.73 Å². The van der Waals surface area contributed by atoms with Crippen molar-refractivity contribution in [2.45, 2.75) is 6.92 Å². The number of hydrogen-bond acceptors (Lipinski definition) is 0. The van der Waals surface area contributed by atoms with Crippen molar-refractivity contribution in [1.82, 2.24) is 0 Å². The number of allylic oxidation sites excluding steroid dienone is 2. The van der Waals surface area contributed by atoms with E-state index in [1.807, 2.05) is 18.2 Å². The fourth-order valence-electron chi connectivity index (χ4n) is 1.32. The van der Waals surface area contributed by atoms with Crippen LogP contribution in [0, 0.1) is 0 Å². The van der Waals surface area contributed by atoms with Crippen LogP contribution >= 0.6 is 0 Å². The first kappa shape index (κ1) is 7.15. The van der Waals surface area contributed by atoms with Crippen LogP contribution in [0.25, 0.3) is 12.2 Å². The van der Waals surface area contributed by atoms with Crippen LogP contribution in [-0.4, -0.2) is 0 Å². The van der Waals surface area contributed by atoms with Gasteiger partial charge < -0.3 is 0 Å². The predicted octanol–water partition coefficient (Wildman–Crippen LogP) is 3.27. The molecule has 0 N–H and O–H groups in total. The van der Waals surface area contributed by atoms with E-state index in [2.05, 4.69) is 36.9 Å². The summed E-state index contributed by atoms with van der Waals surface area (Å²) in [5, 5.41) is 0. The van der Waals surface area contributed by atoms with E-state index in [0.29, 0.717) is 0 Å². The Kier molecular flexibility index (Phi) is 1.69. The van der Waals surface area contributed by atoms with Crippen LogP contribution in [0.2, 0.25) is 0 Å². The molecule has 0 heterocycles. The molecule has 1 aromatic carbocycles. The molecule has 58 valence electrons. The van der Waals surface area contributed by atoms with E-state index in [1.54, 1.807) is 0 Å². The molecule has 0 atom stereocenters. The van der Waals surface area contributed by atoms with Crippen LogP contribution in [0.4, 0.5) is 0 Å². The first-order chi connectivity index (χ1) is 5.86. The van der Waals surface area contributed by atoms with Gasteiger partial charge in [0, 0.05) is 0 Å². The molecule has 0 spiro atoms. The molecule has 0 aliphatic heterocycles. The van der Waals surface area contributed by atoms with Crippen LogP contribution in [-0.2, 0) is 0 Å². The van der Waals surface area contributed by atoms with Crippen molar-refractivity contribution in [3.63, 3.8) is 0 Å². The number of rotatable bonds is 0. The van der Waals surface area contributed by atoms with E-state index in [-0.39, 0.29) is 0 Å². The average Bonchev–Trinajstić information content (AvgIpc) is 2.25. The second-order valence-electron chi connectivity index (χ2n) is 2.97. The Bertz CT molecular complexity index is 388. The van der Waals surface area contributed by atoms with E-state index < -0.39 is 0 Å². The second-order valence-corrected chi connectivity index (χ2v) is 2.97. The van der Waals surface area contributed by atoms with Gasteiger partial charge in [-0.3, -0.25) is 0 Å². The fraction of sp³-hybridized carbons (Fsp3) is 0.0833. The van der Waals surface area contributed by atoms with Gasteiger partial charge in [0.15, 0.2) is 0 Å². The molecule has 1 aromatic rings. The summed E-state index contributed by atoms with van der Waals surface area (Å²) in [6.45, 7) is 2.09. The van der Waals surface area contributed by atoms with Gasteiger partial charge in [0.1, 0.15) is 0 Å². The van der Waals surface area contributed by atoms with E-state index in [9.17, 15) is 0 Å². The van der Waals surface area contributed by atoms with Gasteiger partial charge in [-0.1, -0.05) is 30.3 Å². The lowest BCUT2D eigenvalue weighted by Crippen LogP contribution is -1.77. The first-order valence-electron chi connectivity index (χ1n) is 4.06. The third-order valence-electron chi connectivity index (χ3n) is 1.93. The highest BCUT2D eigenvalue weighted by Gasteiger charge is 1.96. The van der Waals surface area contributed by atoms with Gasteiger partial charge in [-0.2, -0.15) is 0 Å². The van der Waals surface area contributed by atoms with Crippen molar-refractivity contribution in [1.29, 1.82) is 0 Å². The monoisotopic (exact) mass is 154 g/mol. The zero-order valence-corrected chi connectivity index (χ0v) is 7.04. The number of benzene rings is 1. The summed E-state index contributed by atoms with van der Waals surface area (Å²) in [4.78, 5) is 0. The number of fused-ring (bicyclic) bond motifs is 1. The van der Waals surface area contributed by atoms with Gasteiger partial charge in [-0.05, 0) is 35.8 Å². The number of hydrogen-bond donors (Lipinski definition) is 0. The zero-order chi connectivity index (χ0) is 8.39. The molecule has 0 fully saturated rings. The van der Waals surface area contributed by atoms with Gasteiger partial charge in [0.05, 0.1) is 0 Å². The molecule has 0 saturated heterocycles. The Morgan fingerprint density at radius 1 is 1.00 bits per heavy atom. The minimum Gasteiger partial charge on any atom is -0.120 e. The molecule has 0 radical (unpaired) electrons. The van der Waals surface area contributed by atoms with Gasteiger partial charge in [0.25, 0.3) is 0 Å². The molecule has 0 saturated carbocycles. The molecular formula is C12H10. The Morgan fingerprint density at radius 2 is 1.75 bits per heavy atom. The largest absolute Gasteiger partial charge is 0.120 e. The van der Waals surface area contributed by atoms with Crippen LogP contribution in [0.3, 0.4) is 0 Å². The van der Waals surface area contributed by atoms with Crippen LogP contribution < -0.4 is 0 Å². The van der Waals surface area contributed by atoms with Crippen molar-refractivity contribution < 1.29 is 0 Å². The summed E-state index contributed by atoms with van der Waals surface area (Å²) in [5.74, 6) is 0. The smallest absolute Gasteiger partial charge is 0.0107 e. The predicted molar refractivity (Wildman–Crippen MR) is 52.6 cm³/mol. The summed E-state index contributed by atoms with van der Waals surface area (Å²) < 4.78 is 0. The Labute approximate surface area is 72.5 Å². The highest BCUT2D eigenvalue weighted by molar-refractivity contribution is 5.69. The van der Waals surface area contributed by atoms with Crippen LogP contribution in [0.5, 0.6) is 0 Å². The van der Waals surface area contributed by atoms with Crippen molar-refractivity contribution in [3.05, 3.63) is 52.8 Å². The third kappa shape index (κ3) is 1.25. The summed E-state index contributed by atoms with van der Waals surface area (Å²) in [6, 6.07) is 8.33. The molecular weight excluding hydrogens is 144 g/mol. The van der Waals surface area contributed by atoms with Crippen molar-refractivity contribution in [2.24, 2.45) is 0 Å². The molecule has 0 unspecified atom stereocenters. The Hall–Kier alpha value is -1.52. The topological polar surface area (TPSA) is 0 Å². The summed E-state index contributed by atoms with van der Waals surface area (Å²) in [7, 11) is 0. The molecule has 0 aromatic heterocycles. The Balaban J connectivity index is 2.67. The minimum atomic E-state index is 1.24. The molecule has 12 heavy (non-hydrogen) atoms. The maximum absolute atomic E-state index is 3.13. The Morgan fingerprint density at radius 3 is 2.58 bits per heavy atom. The maximum Gasteiger partial charge on any atom is -0.0107 e. The molecule has 0 nitrogen and oxygen atoms in total. The van der Waals surface area contributed by atoms with E-state index >= 15 is 0 Å². The van der Waals surface area contributed by atoms with Crippen LogP contribution in [0.15, 0.2) is 41.6 Å². The standard InChI is InChI=1S/C12H10/c1-10-5-4-8-11-6-2-3-7-12(11)9-10/h2-3,5-9H,1H3. The van der Waals surface area contributed by atoms with Crippen molar-refractivity contribution in [2.75, 3.05) is 0 Å². The lowest BCUT2D eigenvalue weighted by Gasteiger charge is -1.97. The molecule has 1 aliphatic rings. The SMILES string of the molecule is CC1=Cc2ccccc2C=C=C1. The second kappa shape index (κ2) is 2.84. The molecule has 0 heteroatoms. The molecule has 0 bridgehead atoms. The first-order valence-corrected chi connectivity index (χ1v) is 4.06. The van der Waals surface area contributed by atoms with Gasteiger partial charge in [0.2, 0.25) is 0 Å². The minimum absolute atomic E-state index is 1.24. The van der Waals surface area contributed by atoms with Crippen molar-refractivity contribution >= 4 is 12.2 Å². The zero-order valence-electron chi connectivity index (χ0n) is 7.04. The summed E-state index contributed by atoms with van der Waals surface area (Å²) >= 11 is 0. The van der Waals surface area contributed by atoms with Crippen molar-refractivity contribution in [3.8, 4) is 0 Å². The normalized spacial score (nSPS) is 13.6. The maximum atomic E-state index is 3.13. The average molecular weight is 154 g/mol. The molecule has 2 rings (SSSR count). The lowest BCUT2D eigenvalue weighted by molar-refractivity contribution is 1.55. The highest BCUT2D eigenvalue weighted by Crippen LogP contribution is 2.16. The fourth-order valence-corrected chi connectivity index (χ4v) is 1.32. The van der Waals surface area contributed by atoms with E-state index in [1.165, 1.54) is 16.7 Å². The molecule has 1 aliphatic carbocycles. The summed E-state index contributed by atoms with van der Waals surface area (Å²) in [5.41, 5.74) is 6.90. The van der Waals surface area contributed by atoms with E-state index in [4.69, 9.17) is 0 Å². The van der Waals surface area contributed by atoms with Gasteiger partial charge in [-0.25, -0.2) is 0 Å².